The average Bonchev–Trinajstić information content (AvgIpc) is 3.04. The Hall–Kier alpha value is -2.25. The summed E-state index contributed by atoms with van der Waals surface area (Å²) in [6, 6.07) is 7.95. The van der Waals surface area contributed by atoms with Crippen molar-refractivity contribution in [2.45, 2.75) is 37.0 Å². The fraction of sp³-hybridized carbons (Fsp3) is 0.300. The number of aryl methyl sites for hydroxylation is 1. The number of nitrogens with zero attached hydrogens (tertiary/aromatic N) is 3. The molecule has 1 aliphatic carbocycles. The van der Waals surface area contributed by atoms with Crippen LogP contribution in [0.25, 0.3) is 21.1 Å². The Bertz CT molecular complexity index is 1210. The van der Waals surface area contributed by atoms with E-state index < -0.39 is 0 Å². The number of aromatic amines is 1. The van der Waals surface area contributed by atoms with Crippen molar-refractivity contribution in [3.05, 3.63) is 57.2 Å². The number of hydrogen-bond acceptors (Lipinski definition) is 6. The van der Waals surface area contributed by atoms with Gasteiger partial charge in [-0.1, -0.05) is 36.9 Å². The van der Waals surface area contributed by atoms with Gasteiger partial charge in [-0.05, 0) is 36.8 Å². The van der Waals surface area contributed by atoms with E-state index in [4.69, 9.17) is 4.98 Å². The van der Waals surface area contributed by atoms with Gasteiger partial charge >= 0.3 is 0 Å². The molecule has 7 heteroatoms. The maximum atomic E-state index is 12.7. The van der Waals surface area contributed by atoms with Gasteiger partial charge < -0.3 is 4.98 Å². The molecule has 1 N–H and O–H groups in total. The summed E-state index contributed by atoms with van der Waals surface area (Å²) in [7, 11) is 0. The Morgan fingerprint density at radius 3 is 3.11 bits per heavy atom. The smallest absolute Gasteiger partial charge is 0.259 e. The minimum Gasteiger partial charge on any atom is -0.309 e. The fourth-order valence-corrected chi connectivity index (χ4v) is 5.96. The van der Waals surface area contributed by atoms with E-state index in [1.54, 1.807) is 29.4 Å². The summed E-state index contributed by atoms with van der Waals surface area (Å²) in [5, 5.41) is 2.74. The molecule has 4 aromatic rings. The largest absolute Gasteiger partial charge is 0.309 e. The zero-order valence-electron chi connectivity index (χ0n) is 14.9. The molecule has 0 amide bonds. The van der Waals surface area contributed by atoms with Crippen LogP contribution in [-0.2, 0) is 18.6 Å². The lowest BCUT2D eigenvalue weighted by Gasteiger charge is -2.17. The number of para-hydroxylation sites is 1. The first-order valence-electron chi connectivity index (χ1n) is 9.05. The fourth-order valence-electron chi connectivity index (χ4n) is 3.69. The van der Waals surface area contributed by atoms with Gasteiger partial charge in [0.1, 0.15) is 22.0 Å². The average molecular weight is 395 g/mol. The van der Waals surface area contributed by atoms with Crippen molar-refractivity contribution in [1.82, 2.24) is 19.9 Å². The quantitative estimate of drug-likeness (QED) is 0.413. The molecule has 5 nitrogen and oxygen atoms in total. The molecule has 136 valence electrons. The number of aromatic nitrogens is 4. The molecule has 0 unspecified atom stereocenters. The van der Waals surface area contributed by atoms with Crippen LogP contribution in [0.3, 0.4) is 0 Å². The van der Waals surface area contributed by atoms with E-state index in [1.807, 2.05) is 24.3 Å². The van der Waals surface area contributed by atoms with Crippen LogP contribution in [0.2, 0.25) is 0 Å². The third-order valence-electron chi connectivity index (χ3n) is 5.07. The molecule has 27 heavy (non-hydrogen) atoms. The molecule has 0 aliphatic heterocycles. The normalized spacial score (nSPS) is 16.7. The Kier molecular flexibility index (Phi) is 4.21. The van der Waals surface area contributed by atoms with Gasteiger partial charge in [0.25, 0.3) is 5.56 Å². The molecule has 1 aliphatic rings. The van der Waals surface area contributed by atoms with Crippen LogP contribution in [-0.4, -0.2) is 19.9 Å². The lowest BCUT2D eigenvalue weighted by atomic mass is 9.89. The summed E-state index contributed by atoms with van der Waals surface area (Å²) in [4.78, 5) is 31.4. The second-order valence-electron chi connectivity index (χ2n) is 7.03. The highest BCUT2D eigenvalue weighted by Gasteiger charge is 2.23. The van der Waals surface area contributed by atoms with Crippen LogP contribution in [0.5, 0.6) is 0 Å². The summed E-state index contributed by atoms with van der Waals surface area (Å²) in [5.41, 5.74) is 2.14. The minimum atomic E-state index is -0.00445. The molecule has 3 aromatic heterocycles. The maximum Gasteiger partial charge on any atom is 0.259 e. The Morgan fingerprint density at radius 1 is 1.30 bits per heavy atom. The van der Waals surface area contributed by atoms with Crippen molar-refractivity contribution in [1.29, 1.82) is 0 Å². The predicted octanol–water partition coefficient (Wildman–Crippen LogP) is 4.34. The summed E-state index contributed by atoms with van der Waals surface area (Å²) in [6.45, 7) is 2.28. The third kappa shape index (κ3) is 3.04. The summed E-state index contributed by atoms with van der Waals surface area (Å²) < 4.78 is 0. The number of nitrogens with one attached hydrogen (secondary N) is 1. The lowest BCUT2D eigenvalue weighted by molar-refractivity contribution is 0.509. The molecular formula is C20H18N4OS2. The van der Waals surface area contributed by atoms with Crippen LogP contribution in [0.4, 0.5) is 0 Å². The van der Waals surface area contributed by atoms with Gasteiger partial charge in [-0.25, -0.2) is 15.0 Å². The van der Waals surface area contributed by atoms with Crippen molar-refractivity contribution < 1.29 is 0 Å². The van der Waals surface area contributed by atoms with E-state index in [0.717, 1.165) is 45.4 Å². The molecule has 3 heterocycles. The second-order valence-corrected chi connectivity index (χ2v) is 9.08. The van der Waals surface area contributed by atoms with Gasteiger partial charge in [0.15, 0.2) is 0 Å². The van der Waals surface area contributed by atoms with E-state index in [1.165, 1.54) is 10.4 Å². The second kappa shape index (κ2) is 6.73. The van der Waals surface area contributed by atoms with Gasteiger partial charge in [-0.15, -0.1) is 11.3 Å². The Labute approximate surface area is 164 Å². The van der Waals surface area contributed by atoms with Gasteiger partial charge in [0.2, 0.25) is 0 Å². The highest BCUT2D eigenvalue weighted by Crippen LogP contribution is 2.36. The SMILES string of the molecule is C[C@H]1CCc2c(sc3nc(CSc4ncnc5ccccc45)[nH]c(=O)c23)C1. The van der Waals surface area contributed by atoms with E-state index >= 15 is 0 Å². The van der Waals surface area contributed by atoms with E-state index in [2.05, 4.69) is 21.9 Å². The lowest BCUT2D eigenvalue weighted by Crippen LogP contribution is -2.14. The first kappa shape index (κ1) is 16.9. The molecule has 0 spiro atoms. The molecule has 1 atom stereocenters. The Balaban J connectivity index is 1.48. The number of thiophene rings is 1. The summed E-state index contributed by atoms with van der Waals surface area (Å²) in [6.07, 6.45) is 4.78. The Morgan fingerprint density at radius 2 is 2.19 bits per heavy atom. The maximum absolute atomic E-state index is 12.7. The number of rotatable bonds is 3. The van der Waals surface area contributed by atoms with Crippen molar-refractivity contribution in [3.8, 4) is 0 Å². The van der Waals surface area contributed by atoms with Crippen LogP contribution in [0, 0.1) is 5.92 Å². The zero-order valence-corrected chi connectivity index (χ0v) is 16.5. The van der Waals surface area contributed by atoms with Crippen molar-refractivity contribution in [2.75, 3.05) is 0 Å². The molecule has 0 bridgehead atoms. The number of H-pyrrole nitrogens is 1. The molecule has 1 aromatic carbocycles. The zero-order chi connectivity index (χ0) is 18.4. The molecule has 0 radical (unpaired) electrons. The number of hydrogen-bond donors (Lipinski definition) is 1. The summed E-state index contributed by atoms with van der Waals surface area (Å²) in [5.74, 6) is 1.96. The standard InChI is InChI=1S/C20H18N4OS2/c1-11-6-7-13-15(8-11)27-20-17(13)18(25)23-16(24-20)9-26-19-12-4-2-3-5-14(12)21-10-22-19/h2-5,10-11H,6-9H2,1H3,(H,23,24,25)/t11-/m0/s1. The monoisotopic (exact) mass is 394 g/mol. The van der Waals surface area contributed by atoms with Crippen LogP contribution < -0.4 is 5.56 Å². The van der Waals surface area contributed by atoms with Gasteiger partial charge in [0, 0.05) is 10.3 Å². The highest BCUT2D eigenvalue weighted by atomic mass is 32.2. The van der Waals surface area contributed by atoms with E-state index in [-0.39, 0.29) is 5.56 Å². The molecule has 0 saturated carbocycles. The highest BCUT2D eigenvalue weighted by molar-refractivity contribution is 7.98. The van der Waals surface area contributed by atoms with Gasteiger partial charge in [-0.3, -0.25) is 4.79 Å². The third-order valence-corrected chi connectivity index (χ3v) is 7.23. The number of fused-ring (bicyclic) bond motifs is 4. The van der Waals surface area contributed by atoms with Crippen molar-refractivity contribution in [3.63, 3.8) is 0 Å². The first-order valence-corrected chi connectivity index (χ1v) is 10.8. The van der Waals surface area contributed by atoms with E-state index in [9.17, 15) is 4.79 Å². The first-order chi connectivity index (χ1) is 13.2. The van der Waals surface area contributed by atoms with Crippen LogP contribution >= 0.6 is 23.1 Å². The molecular weight excluding hydrogens is 376 g/mol. The van der Waals surface area contributed by atoms with Crippen molar-refractivity contribution in [2.24, 2.45) is 5.92 Å². The minimum absolute atomic E-state index is 0.00445. The van der Waals surface area contributed by atoms with Gasteiger partial charge in [0.05, 0.1) is 16.7 Å². The van der Waals surface area contributed by atoms with Crippen LogP contribution in [0.15, 0.2) is 40.4 Å². The van der Waals surface area contributed by atoms with E-state index in [0.29, 0.717) is 17.5 Å². The topological polar surface area (TPSA) is 71.5 Å². The number of benzene rings is 1. The molecule has 0 fully saturated rings. The van der Waals surface area contributed by atoms with Crippen LogP contribution in [0.1, 0.15) is 29.6 Å². The summed E-state index contributed by atoms with van der Waals surface area (Å²) >= 11 is 3.27. The van der Waals surface area contributed by atoms with Gasteiger partial charge in [-0.2, -0.15) is 0 Å². The molecule has 0 saturated heterocycles. The van der Waals surface area contributed by atoms with Crippen molar-refractivity contribution >= 4 is 44.2 Å². The molecule has 5 rings (SSSR count). The number of thioether (sulfide) groups is 1. The predicted molar refractivity (Wildman–Crippen MR) is 111 cm³/mol.